The van der Waals surface area contributed by atoms with E-state index in [0.717, 1.165) is 5.56 Å². The van der Waals surface area contributed by atoms with Crippen LogP contribution in [-0.2, 0) is 10.2 Å². The molecule has 132 valence electrons. The van der Waals surface area contributed by atoms with Crippen LogP contribution in [0.1, 0.15) is 44.2 Å². The Bertz CT molecular complexity index is 684. The van der Waals surface area contributed by atoms with Gasteiger partial charge in [0.1, 0.15) is 11.7 Å². The Hall–Kier alpha value is -1.63. The maximum absolute atomic E-state index is 12.6. The molecule has 1 aliphatic carbocycles. The van der Waals surface area contributed by atoms with Gasteiger partial charge in [-0.3, -0.25) is 4.79 Å². The second-order valence-electron chi connectivity index (χ2n) is 7.05. The molecule has 1 aliphatic heterocycles. The number of rotatable bonds is 3. The minimum absolute atomic E-state index is 0.115. The Morgan fingerprint density at radius 3 is 2.67 bits per heavy atom. The predicted molar refractivity (Wildman–Crippen MR) is 86.1 cm³/mol. The number of Topliss-reactive ketones (excluding diaryl/α,β-unsaturated/α-hetero) is 1. The third kappa shape index (κ3) is 1.90. The first-order valence-electron chi connectivity index (χ1n) is 8.32. The van der Waals surface area contributed by atoms with E-state index < -0.39 is 35.1 Å². The third-order valence-electron chi connectivity index (χ3n) is 5.67. The van der Waals surface area contributed by atoms with Gasteiger partial charge in [0.25, 0.3) is 0 Å². The molecule has 1 unspecified atom stereocenters. The number of ether oxygens (including phenoxy) is 1. The first kappa shape index (κ1) is 17.2. The average Bonchev–Trinajstić information content (AvgIpc) is 2.87. The second kappa shape index (κ2) is 5.44. The van der Waals surface area contributed by atoms with E-state index in [4.69, 9.17) is 4.74 Å². The van der Waals surface area contributed by atoms with Crippen molar-refractivity contribution in [1.82, 2.24) is 0 Å². The fourth-order valence-electron chi connectivity index (χ4n) is 4.60. The number of aromatic hydroxyl groups is 1. The van der Waals surface area contributed by atoms with Crippen molar-refractivity contribution in [1.29, 1.82) is 0 Å². The van der Waals surface area contributed by atoms with Gasteiger partial charge in [-0.25, -0.2) is 0 Å². The highest BCUT2D eigenvalue weighted by atomic mass is 16.5. The average molecular weight is 336 g/mol. The quantitative estimate of drug-likeness (QED) is 0.654. The topological polar surface area (TPSA) is 107 Å². The molecule has 1 aromatic rings. The van der Waals surface area contributed by atoms with Gasteiger partial charge in [0.05, 0.1) is 11.5 Å². The molecule has 0 aromatic heterocycles. The zero-order valence-electron chi connectivity index (χ0n) is 14.1. The lowest BCUT2D eigenvalue weighted by Gasteiger charge is -2.53. The number of benzene rings is 1. The van der Waals surface area contributed by atoms with Gasteiger partial charge in [0.2, 0.25) is 5.78 Å². The van der Waals surface area contributed by atoms with E-state index in [0.29, 0.717) is 18.4 Å². The fraction of sp³-hybridized carbons (Fsp3) is 0.611. The number of ketones is 1. The van der Waals surface area contributed by atoms with Gasteiger partial charge in [0, 0.05) is 12.0 Å². The second-order valence-corrected chi connectivity index (χ2v) is 7.05. The van der Waals surface area contributed by atoms with Crippen LogP contribution in [0.3, 0.4) is 0 Å². The molecule has 0 saturated heterocycles. The summed E-state index contributed by atoms with van der Waals surface area (Å²) in [6, 6.07) is 3.18. The van der Waals surface area contributed by atoms with E-state index in [2.05, 4.69) is 0 Å². The zero-order chi connectivity index (χ0) is 17.9. The van der Waals surface area contributed by atoms with E-state index >= 15 is 0 Å². The van der Waals surface area contributed by atoms with Crippen LogP contribution in [0.4, 0.5) is 0 Å². The van der Waals surface area contributed by atoms with Gasteiger partial charge in [-0.15, -0.1) is 0 Å². The molecular formula is C18H24O6. The molecule has 6 nitrogen and oxygen atoms in total. The SMILES string of the molecule is CCC[C@]12c3c(C)ccc(O)c3O[C@H]1C(=O)C(O)C[C@@]2(O)[C@H](C)O. The van der Waals surface area contributed by atoms with E-state index in [1.807, 2.05) is 13.8 Å². The molecule has 1 heterocycles. The highest BCUT2D eigenvalue weighted by molar-refractivity contribution is 5.92. The Labute approximate surface area is 140 Å². The molecule has 5 atom stereocenters. The predicted octanol–water partition coefficient (Wildman–Crippen LogP) is 0.945. The number of hydrogen-bond donors (Lipinski definition) is 4. The molecule has 6 heteroatoms. The molecule has 3 rings (SSSR count). The fourth-order valence-corrected chi connectivity index (χ4v) is 4.60. The van der Waals surface area contributed by atoms with Crippen molar-refractivity contribution in [3.63, 3.8) is 0 Å². The van der Waals surface area contributed by atoms with Crippen LogP contribution in [0.15, 0.2) is 12.1 Å². The lowest BCUT2D eigenvalue weighted by atomic mass is 9.54. The molecule has 1 fully saturated rings. The van der Waals surface area contributed by atoms with Crippen molar-refractivity contribution in [2.45, 2.75) is 69.4 Å². The van der Waals surface area contributed by atoms with Crippen molar-refractivity contribution < 1.29 is 30.0 Å². The maximum atomic E-state index is 12.6. The summed E-state index contributed by atoms with van der Waals surface area (Å²) in [6.45, 7) is 5.19. The monoisotopic (exact) mass is 336 g/mol. The Morgan fingerprint density at radius 1 is 1.42 bits per heavy atom. The van der Waals surface area contributed by atoms with Crippen LogP contribution in [0.5, 0.6) is 11.5 Å². The largest absolute Gasteiger partial charge is 0.504 e. The summed E-state index contributed by atoms with van der Waals surface area (Å²) in [5.41, 5.74) is -1.63. The van der Waals surface area contributed by atoms with Crippen molar-refractivity contribution in [2.24, 2.45) is 0 Å². The Morgan fingerprint density at radius 2 is 2.08 bits per heavy atom. The molecule has 2 aliphatic rings. The summed E-state index contributed by atoms with van der Waals surface area (Å²) in [7, 11) is 0. The summed E-state index contributed by atoms with van der Waals surface area (Å²) in [6.07, 6.45) is -3.00. The highest BCUT2D eigenvalue weighted by Gasteiger charge is 2.69. The lowest BCUT2D eigenvalue weighted by Crippen LogP contribution is -2.70. The standard InChI is InChI=1S/C18H24O6/c1-4-7-17-13-9(2)5-6-11(20)15(13)24-16(17)14(22)12(21)8-18(17,23)10(3)19/h5-6,10,12,16,19-21,23H,4,7-8H2,1-3H3/t10-,12?,16-,17-,18+/m0/s1. The number of aliphatic hydroxyl groups is 3. The zero-order valence-corrected chi connectivity index (χ0v) is 14.1. The maximum Gasteiger partial charge on any atom is 0.202 e. The number of phenolic OH excluding ortho intramolecular Hbond substituents is 1. The molecule has 0 spiro atoms. The van der Waals surface area contributed by atoms with E-state index in [-0.39, 0.29) is 17.9 Å². The van der Waals surface area contributed by atoms with Gasteiger partial charge in [-0.1, -0.05) is 19.4 Å². The van der Waals surface area contributed by atoms with E-state index in [1.54, 1.807) is 6.07 Å². The molecule has 0 amide bonds. The van der Waals surface area contributed by atoms with Crippen LogP contribution >= 0.6 is 0 Å². The Kier molecular flexibility index (Phi) is 3.90. The van der Waals surface area contributed by atoms with Crippen molar-refractivity contribution >= 4 is 5.78 Å². The molecular weight excluding hydrogens is 312 g/mol. The van der Waals surface area contributed by atoms with Crippen LogP contribution in [0.2, 0.25) is 0 Å². The van der Waals surface area contributed by atoms with Gasteiger partial charge in [0.15, 0.2) is 17.6 Å². The minimum atomic E-state index is -1.75. The number of carbonyl (C=O) groups is 1. The molecule has 1 saturated carbocycles. The first-order chi connectivity index (χ1) is 11.2. The van der Waals surface area contributed by atoms with Crippen molar-refractivity contribution in [3.8, 4) is 11.5 Å². The number of phenols is 1. The number of fused-ring (bicyclic) bond motifs is 3. The molecule has 1 aromatic carbocycles. The highest BCUT2D eigenvalue weighted by Crippen LogP contribution is 2.60. The van der Waals surface area contributed by atoms with E-state index in [1.165, 1.54) is 13.0 Å². The smallest absolute Gasteiger partial charge is 0.202 e. The van der Waals surface area contributed by atoms with Crippen LogP contribution in [0, 0.1) is 6.92 Å². The third-order valence-corrected chi connectivity index (χ3v) is 5.67. The number of aryl methyl sites for hydroxylation is 1. The lowest BCUT2D eigenvalue weighted by molar-refractivity contribution is -0.192. The van der Waals surface area contributed by atoms with Crippen LogP contribution in [-0.4, -0.2) is 50.1 Å². The summed E-state index contributed by atoms with van der Waals surface area (Å²) in [5, 5.41) is 42.2. The van der Waals surface area contributed by atoms with Crippen molar-refractivity contribution in [2.75, 3.05) is 0 Å². The molecule has 24 heavy (non-hydrogen) atoms. The number of hydrogen-bond acceptors (Lipinski definition) is 6. The van der Waals surface area contributed by atoms with E-state index in [9.17, 15) is 25.2 Å². The number of aliphatic hydroxyl groups excluding tert-OH is 2. The first-order valence-corrected chi connectivity index (χ1v) is 8.32. The van der Waals surface area contributed by atoms with Gasteiger partial charge < -0.3 is 25.2 Å². The summed E-state index contributed by atoms with van der Waals surface area (Å²) in [4.78, 5) is 12.6. The van der Waals surface area contributed by atoms with Gasteiger partial charge in [-0.05, 0) is 31.9 Å². The van der Waals surface area contributed by atoms with Crippen LogP contribution < -0.4 is 4.74 Å². The summed E-state index contributed by atoms with van der Waals surface area (Å²) in [5.74, 6) is -0.477. The summed E-state index contributed by atoms with van der Waals surface area (Å²) < 4.78 is 5.78. The molecule has 4 N–H and O–H groups in total. The number of carbonyl (C=O) groups excluding carboxylic acids is 1. The van der Waals surface area contributed by atoms with Gasteiger partial charge in [-0.2, -0.15) is 0 Å². The van der Waals surface area contributed by atoms with Crippen LogP contribution in [0.25, 0.3) is 0 Å². The summed E-state index contributed by atoms with van der Waals surface area (Å²) >= 11 is 0. The van der Waals surface area contributed by atoms with Gasteiger partial charge >= 0.3 is 0 Å². The van der Waals surface area contributed by atoms with Crippen molar-refractivity contribution in [3.05, 3.63) is 23.3 Å². The normalized spacial score (nSPS) is 36.0. The molecule has 0 bridgehead atoms. The Balaban J connectivity index is 2.36. The molecule has 0 radical (unpaired) electrons. The minimum Gasteiger partial charge on any atom is -0.504 e.